The van der Waals surface area contributed by atoms with Crippen molar-refractivity contribution in [2.45, 2.75) is 6.18 Å². The first-order valence-corrected chi connectivity index (χ1v) is 4.82. The largest absolute Gasteiger partial charge is 0.433 e. The highest BCUT2D eigenvalue weighted by molar-refractivity contribution is 5.55. The molecule has 2 rings (SSSR count). The lowest BCUT2D eigenvalue weighted by atomic mass is 10.3. The molecule has 0 fully saturated rings. The molecule has 0 aromatic carbocycles. The molecule has 0 radical (unpaired) electrons. The molecule has 0 aliphatic carbocycles. The first-order chi connectivity index (χ1) is 8.34. The van der Waals surface area contributed by atoms with E-state index in [2.05, 4.69) is 20.4 Å². The fourth-order valence-electron chi connectivity index (χ4n) is 1.31. The Morgan fingerprint density at radius 2 is 2.06 bits per heavy atom. The van der Waals surface area contributed by atoms with Crippen molar-refractivity contribution in [2.75, 3.05) is 11.1 Å². The van der Waals surface area contributed by atoms with Gasteiger partial charge in [0.15, 0.2) is 5.69 Å². The number of halogens is 3. The van der Waals surface area contributed by atoms with Gasteiger partial charge in [0, 0.05) is 19.3 Å². The first kappa shape index (κ1) is 12.1. The van der Waals surface area contributed by atoms with Gasteiger partial charge >= 0.3 is 6.18 Å². The van der Waals surface area contributed by atoms with E-state index in [0.717, 1.165) is 6.07 Å². The van der Waals surface area contributed by atoms with Crippen molar-refractivity contribution in [3.8, 4) is 0 Å². The lowest BCUT2D eigenvalue weighted by Gasteiger charge is -2.09. The molecular weight excluding hydrogens is 249 g/mol. The molecule has 0 saturated carbocycles. The minimum atomic E-state index is -4.57. The Balaban J connectivity index is 2.31. The molecule has 2 aromatic rings. The predicted molar refractivity (Wildman–Crippen MR) is 57.9 cm³/mol. The molecule has 96 valence electrons. The second-order valence-electron chi connectivity index (χ2n) is 3.52. The highest BCUT2D eigenvalue weighted by Gasteiger charge is 2.33. The van der Waals surface area contributed by atoms with E-state index in [0.29, 0.717) is 5.69 Å². The van der Waals surface area contributed by atoms with Gasteiger partial charge < -0.3 is 11.1 Å². The van der Waals surface area contributed by atoms with Crippen LogP contribution in [0.4, 0.5) is 30.6 Å². The fourth-order valence-corrected chi connectivity index (χ4v) is 1.31. The van der Waals surface area contributed by atoms with E-state index < -0.39 is 17.8 Å². The number of hydrogen-bond donors (Lipinski definition) is 2. The van der Waals surface area contributed by atoms with Gasteiger partial charge in [-0.3, -0.25) is 4.68 Å². The van der Waals surface area contributed by atoms with Crippen molar-refractivity contribution in [3.05, 3.63) is 24.2 Å². The second-order valence-corrected chi connectivity index (χ2v) is 3.52. The molecule has 9 heteroatoms. The minimum absolute atomic E-state index is 0.0391. The molecule has 0 saturated heterocycles. The maximum Gasteiger partial charge on any atom is 0.433 e. The van der Waals surface area contributed by atoms with Crippen LogP contribution in [0.25, 0.3) is 0 Å². The third-order valence-corrected chi connectivity index (χ3v) is 2.01. The van der Waals surface area contributed by atoms with E-state index in [4.69, 9.17) is 5.73 Å². The molecule has 18 heavy (non-hydrogen) atoms. The fraction of sp³-hybridized carbons (Fsp3) is 0.222. The van der Waals surface area contributed by atoms with Crippen LogP contribution in [0.15, 0.2) is 18.5 Å². The van der Waals surface area contributed by atoms with Crippen molar-refractivity contribution in [3.63, 3.8) is 0 Å². The summed E-state index contributed by atoms with van der Waals surface area (Å²) >= 11 is 0. The quantitative estimate of drug-likeness (QED) is 0.854. The Bertz CT molecular complexity index is 562. The van der Waals surface area contributed by atoms with Crippen molar-refractivity contribution in [1.82, 2.24) is 19.7 Å². The predicted octanol–water partition coefficient (Wildman–Crippen LogP) is 1.55. The second kappa shape index (κ2) is 4.17. The van der Waals surface area contributed by atoms with Gasteiger partial charge in [-0.2, -0.15) is 23.3 Å². The summed E-state index contributed by atoms with van der Waals surface area (Å²) in [6.07, 6.45) is -1.53. The number of rotatable bonds is 2. The summed E-state index contributed by atoms with van der Waals surface area (Å²) in [5.74, 6) is -0.487. The molecule has 0 aliphatic rings. The molecule has 2 heterocycles. The van der Waals surface area contributed by atoms with Gasteiger partial charge in [-0.05, 0) is 0 Å². The van der Waals surface area contributed by atoms with E-state index in [1.54, 1.807) is 13.2 Å². The van der Waals surface area contributed by atoms with E-state index in [1.165, 1.54) is 10.9 Å². The minimum Gasteiger partial charge on any atom is -0.368 e. The summed E-state index contributed by atoms with van der Waals surface area (Å²) in [6, 6.07) is 0.781. The van der Waals surface area contributed by atoms with Crippen molar-refractivity contribution >= 4 is 17.5 Å². The number of alkyl halides is 3. The number of nitrogens with zero attached hydrogens (tertiary/aromatic N) is 4. The van der Waals surface area contributed by atoms with Gasteiger partial charge in [-0.1, -0.05) is 0 Å². The molecular formula is C9H9F3N6. The van der Waals surface area contributed by atoms with Gasteiger partial charge in [0.05, 0.1) is 11.9 Å². The van der Waals surface area contributed by atoms with Crippen LogP contribution in [-0.2, 0) is 13.2 Å². The lowest BCUT2D eigenvalue weighted by molar-refractivity contribution is -0.141. The first-order valence-electron chi connectivity index (χ1n) is 4.82. The number of hydrogen-bond acceptors (Lipinski definition) is 5. The lowest BCUT2D eigenvalue weighted by Crippen LogP contribution is -2.11. The molecule has 0 unspecified atom stereocenters. The zero-order valence-electron chi connectivity index (χ0n) is 9.23. The summed E-state index contributed by atoms with van der Waals surface area (Å²) < 4.78 is 39.0. The van der Waals surface area contributed by atoms with Crippen LogP contribution in [0.5, 0.6) is 0 Å². The summed E-state index contributed by atoms with van der Waals surface area (Å²) in [6.45, 7) is 0. The molecule has 2 aromatic heterocycles. The third kappa shape index (κ3) is 2.67. The van der Waals surface area contributed by atoms with Gasteiger partial charge in [0.2, 0.25) is 5.95 Å². The summed E-state index contributed by atoms with van der Waals surface area (Å²) in [4.78, 5) is 6.80. The highest BCUT2D eigenvalue weighted by Crippen LogP contribution is 2.29. The smallest absolute Gasteiger partial charge is 0.368 e. The molecule has 0 aliphatic heterocycles. The standard InChI is InChI=1S/C9H9F3N6/c1-18-4-5(3-14-18)15-7-2-6(9(10,11)12)16-8(13)17-7/h2-4H,1H3,(H3,13,15,16,17). The third-order valence-electron chi connectivity index (χ3n) is 2.01. The Morgan fingerprint density at radius 3 is 2.61 bits per heavy atom. The molecule has 0 amide bonds. The van der Waals surface area contributed by atoms with E-state index in [9.17, 15) is 13.2 Å². The maximum atomic E-state index is 12.5. The monoisotopic (exact) mass is 258 g/mol. The van der Waals surface area contributed by atoms with Crippen LogP contribution in [0.2, 0.25) is 0 Å². The number of nitrogens with one attached hydrogen (secondary N) is 1. The van der Waals surface area contributed by atoms with E-state index in [-0.39, 0.29) is 5.82 Å². The summed E-state index contributed by atoms with van der Waals surface area (Å²) in [7, 11) is 1.68. The van der Waals surface area contributed by atoms with E-state index >= 15 is 0 Å². The van der Waals surface area contributed by atoms with Crippen LogP contribution in [-0.4, -0.2) is 19.7 Å². The Kier molecular flexibility index (Phi) is 2.81. The maximum absolute atomic E-state index is 12.5. The van der Waals surface area contributed by atoms with E-state index in [1.807, 2.05) is 0 Å². The molecule has 0 atom stereocenters. The number of nitrogens with two attached hydrogens (primary N) is 1. The molecule has 0 bridgehead atoms. The SMILES string of the molecule is Cn1cc(Nc2cc(C(F)(F)F)nc(N)n2)cn1. The topological polar surface area (TPSA) is 81.7 Å². The average molecular weight is 258 g/mol. The Hall–Kier alpha value is -2.32. The average Bonchev–Trinajstić information content (AvgIpc) is 2.61. The van der Waals surface area contributed by atoms with Crippen molar-refractivity contribution in [2.24, 2.45) is 7.05 Å². The number of nitrogen functional groups attached to an aromatic ring is 1. The van der Waals surface area contributed by atoms with Crippen LogP contribution >= 0.6 is 0 Å². The van der Waals surface area contributed by atoms with Crippen LogP contribution in [0.1, 0.15) is 5.69 Å². The molecule has 0 spiro atoms. The number of aromatic nitrogens is 4. The Morgan fingerprint density at radius 1 is 1.33 bits per heavy atom. The normalized spacial score (nSPS) is 11.6. The Labute approximate surface area is 99.7 Å². The van der Waals surface area contributed by atoms with Crippen molar-refractivity contribution in [1.29, 1.82) is 0 Å². The van der Waals surface area contributed by atoms with Crippen LogP contribution in [0.3, 0.4) is 0 Å². The molecule has 6 nitrogen and oxygen atoms in total. The highest BCUT2D eigenvalue weighted by atomic mass is 19.4. The van der Waals surface area contributed by atoms with Gasteiger partial charge in [-0.25, -0.2) is 4.98 Å². The van der Waals surface area contributed by atoms with Gasteiger partial charge in [0.25, 0.3) is 0 Å². The van der Waals surface area contributed by atoms with Crippen LogP contribution < -0.4 is 11.1 Å². The number of anilines is 3. The zero-order chi connectivity index (χ0) is 13.3. The van der Waals surface area contributed by atoms with Gasteiger partial charge in [-0.15, -0.1) is 0 Å². The summed E-state index contributed by atoms with van der Waals surface area (Å²) in [5.41, 5.74) is 4.64. The van der Waals surface area contributed by atoms with Gasteiger partial charge in [0.1, 0.15) is 5.82 Å². The summed E-state index contributed by atoms with van der Waals surface area (Å²) in [5, 5.41) is 6.53. The van der Waals surface area contributed by atoms with Crippen LogP contribution in [0, 0.1) is 0 Å². The molecule has 3 N–H and O–H groups in total. The van der Waals surface area contributed by atoms with Crippen molar-refractivity contribution < 1.29 is 13.2 Å². The number of aryl methyl sites for hydroxylation is 1. The zero-order valence-corrected chi connectivity index (χ0v) is 9.23.